The molecule has 1 aliphatic heterocycles. The number of carbonyl (C=O) groups is 1. The summed E-state index contributed by atoms with van der Waals surface area (Å²) in [5.74, 6) is 1.31. The first-order valence-corrected chi connectivity index (χ1v) is 8.90. The van der Waals surface area contributed by atoms with Gasteiger partial charge in [-0.25, -0.2) is 0 Å². The van der Waals surface area contributed by atoms with Gasteiger partial charge in [0.1, 0.15) is 12.4 Å². The Morgan fingerprint density at radius 3 is 2.88 bits per heavy atom. The standard InChI is InChI=1S/C20H29N3O2/c1-15(2)12-17(21-3)14-25-18-8-7-16-6-5-10-22-11-9-20(24)23(4)19(16)13-18/h7-11,13,15,17,21H,5-6,12,14H2,1-4H3/b11-9+,22-10?/t17-/m0/s1. The first-order chi connectivity index (χ1) is 12.0. The normalized spacial score (nSPS) is 17.3. The summed E-state index contributed by atoms with van der Waals surface area (Å²) in [6, 6.07) is 6.30. The number of ether oxygens (including phenoxy) is 1. The molecule has 0 saturated heterocycles. The van der Waals surface area contributed by atoms with E-state index >= 15 is 0 Å². The number of nitrogens with zero attached hydrogens (tertiary/aromatic N) is 2. The van der Waals surface area contributed by atoms with E-state index in [1.54, 1.807) is 18.1 Å². The number of aryl methyl sites for hydroxylation is 1. The van der Waals surface area contributed by atoms with Crippen LogP contribution in [0.3, 0.4) is 0 Å². The van der Waals surface area contributed by atoms with Gasteiger partial charge in [-0.3, -0.25) is 9.79 Å². The second-order valence-electron chi connectivity index (χ2n) is 6.80. The Morgan fingerprint density at radius 1 is 1.36 bits per heavy atom. The zero-order valence-corrected chi connectivity index (χ0v) is 15.7. The molecule has 1 aromatic carbocycles. The topological polar surface area (TPSA) is 53.9 Å². The summed E-state index contributed by atoms with van der Waals surface area (Å²) in [5, 5.41) is 3.30. The fraction of sp³-hybridized carbons (Fsp3) is 0.500. The number of hydrogen-bond donors (Lipinski definition) is 1. The van der Waals surface area contributed by atoms with Crippen molar-refractivity contribution in [2.45, 2.75) is 39.2 Å². The van der Waals surface area contributed by atoms with Gasteiger partial charge in [0, 0.05) is 37.6 Å². The molecule has 1 heterocycles. The first-order valence-electron chi connectivity index (χ1n) is 8.90. The average molecular weight is 343 g/mol. The second-order valence-corrected chi connectivity index (χ2v) is 6.80. The van der Waals surface area contributed by atoms with Crippen molar-refractivity contribution in [2.75, 3.05) is 25.6 Å². The number of carbonyl (C=O) groups excluding carboxylic acids is 1. The highest BCUT2D eigenvalue weighted by atomic mass is 16.5. The molecule has 0 spiro atoms. The smallest absolute Gasteiger partial charge is 0.252 e. The number of anilines is 1. The third kappa shape index (κ3) is 5.71. The van der Waals surface area contributed by atoms with Crippen molar-refractivity contribution in [3.63, 3.8) is 0 Å². The Hall–Kier alpha value is -2.14. The predicted molar refractivity (Wildman–Crippen MR) is 104 cm³/mol. The van der Waals surface area contributed by atoms with Crippen molar-refractivity contribution in [3.05, 3.63) is 36.0 Å². The molecule has 5 heteroatoms. The lowest BCUT2D eigenvalue weighted by Crippen LogP contribution is -2.33. The van der Waals surface area contributed by atoms with E-state index < -0.39 is 0 Å². The summed E-state index contributed by atoms with van der Waals surface area (Å²) in [4.78, 5) is 18.0. The predicted octanol–water partition coefficient (Wildman–Crippen LogP) is 3.19. The summed E-state index contributed by atoms with van der Waals surface area (Å²) in [7, 11) is 3.75. The highest BCUT2D eigenvalue weighted by molar-refractivity contribution is 6.01. The molecule has 0 aromatic heterocycles. The van der Waals surface area contributed by atoms with E-state index in [4.69, 9.17) is 4.74 Å². The van der Waals surface area contributed by atoms with E-state index in [0.717, 1.165) is 36.3 Å². The van der Waals surface area contributed by atoms with Gasteiger partial charge in [-0.1, -0.05) is 19.9 Å². The lowest BCUT2D eigenvalue weighted by molar-refractivity contribution is -0.113. The van der Waals surface area contributed by atoms with Crippen LogP contribution in [0.25, 0.3) is 0 Å². The quantitative estimate of drug-likeness (QED) is 0.863. The van der Waals surface area contributed by atoms with E-state index in [1.807, 2.05) is 31.5 Å². The maximum atomic E-state index is 12.3. The van der Waals surface area contributed by atoms with Gasteiger partial charge in [0.15, 0.2) is 0 Å². The largest absolute Gasteiger partial charge is 0.492 e. The molecular formula is C20H29N3O2. The Labute approximate surface area is 150 Å². The molecule has 0 saturated carbocycles. The molecule has 5 nitrogen and oxygen atoms in total. The second kappa shape index (κ2) is 9.37. The van der Waals surface area contributed by atoms with Crippen molar-refractivity contribution in [3.8, 4) is 5.75 Å². The number of amides is 1. The highest BCUT2D eigenvalue weighted by Crippen LogP contribution is 2.27. The fourth-order valence-electron chi connectivity index (χ4n) is 2.88. The van der Waals surface area contributed by atoms with Crippen LogP contribution in [0.2, 0.25) is 0 Å². The van der Waals surface area contributed by atoms with Crippen LogP contribution in [-0.2, 0) is 11.2 Å². The molecular weight excluding hydrogens is 314 g/mol. The van der Waals surface area contributed by atoms with E-state index in [9.17, 15) is 4.79 Å². The number of aliphatic imine (C=N–C) groups is 1. The van der Waals surface area contributed by atoms with Crippen LogP contribution in [0.1, 0.15) is 32.3 Å². The van der Waals surface area contributed by atoms with Crippen LogP contribution in [0.15, 0.2) is 35.5 Å². The summed E-state index contributed by atoms with van der Waals surface area (Å²) < 4.78 is 5.99. The van der Waals surface area contributed by atoms with Crippen LogP contribution in [-0.4, -0.2) is 38.9 Å². The van der Waals surface area contributed by atoms with Crippen LogP contribution >= 0.6 is 0 Å². The maximum Gasteiger partial charge on any atom is 0.252 e. The van der Waals surface area contributed by atoms with Crippen LogP contribution in [0.4, 0.5) is 5.69 Å². The summed E-state index contributed by atoms with van der Waals surface area (Å²) in [6.07, 6.45) is 7.62. The van der Waals surface area contributed by atoms with Crippen molar-refractivity contribution in [1.29, 1.82) is 0 Å². The van der Waals surface area contributed by atoms with E-state index in [-0.39, 0.29) is 5.91 Å². The minimum atomic E-state index is -0.0923. The van der Waals surface area contributed by atoms with Gasteiger partial charge >= 0.3 is 0 Å². The molecule has 1 aromatic rings. The summed E-state index contributed by atoms with van der Waals surface area (Å²) >= 11 is 0. The van der Waals surface area contributed by atoms with Crippen molar-refractivity contribution >= 4 is 17.8 Å². The van der Waals surface area contributed by atoms with Crippen molar-refractivity contribution < 1.29 is 9.53 Å². The number of benzene rings is 1. The van der Waals surface area contributed by atoms with Gasteiger partial charge in [0.25, 0.3) is 5.91 Å². The fourth-order valence-corrected chi connectivity index (χ4v) is 2.88. The average Bonchev–Trinajstić information content (AvgIpc) is 2.60. The molecule has 1 atom stereocenters. The van der Waals surface area contributed by atoms with Gasteiger partial charge in [0.05, 0.1) is 5.69 Å². The lowest BCUT2D eigenvalue weighted by atomic mass is 10.0. The zero-order chi connectivity index (χ0) is 18.2. The molecule has 0 unspecified atom stereocenters. The van der Waals surface area contributed by atoms with Crippen molar-refractivity contribution in [2.24, 2.45) is 10.9 Å². The number of hydrogen-bond acceptors (Lipinski definition) is 4. The van der Waals surface area contributed by atoms with Gasteiger partial charge in [0.2, 0.25) is 0 Å². The molecule has 0 radical (unpaired) electrons. The number of fused-ring (bicyclic) bond motifs is 1. The molecule has 0 aliphatic carbocycles. The number of nitrogens with one attached hydrogen (secondary N) is 1. The first kappa shape index (κ1) is 19.2. The molecule has 2 rings (SSSR count). The Kier molecular flexibility index (Phi) is 7.19. The third-order valence-electron chi connectivity index (χ3n) is 4.32. The monoisotopic (exact) mass is 343 g/mol. The van der Waals surface area contributed by atoms with Crippen LogP contribution in [0, 0.1) is 5.92 Å². The summed E-state index contributed by atoms with van der Waals surface area (Å²) in [6.45, 7) is 5.02. The van der Waals surface area contributed by atoms with Crippen molar-refractivity contribution in [1.82, 2.24) is 5.32 Å². The molecule has 136 valence electrons. The molecule has 1 N–H and O–H groups in total. The number of rotatable bonds is 6. The number of likely N-dealkylation sites (N-methyl/N-ethyl adjacent to an activating group) is 2. The van der Waals surface area contributed by atoms with E-state index in [1.165, 1.54) is 6.08 Å². The minimum Gasteiger partial charge on any atom is -0.492 e. The van der Waals surface area contributed by atoms with E-state index in [2.05, 4.69) is 24.2 Å². The summed E-state index contributed by atoms with van der Waals surface area (Å²) in [5.41, 5.74) is 2.02. The van der Waals surface area contributed by atoms with Gasteiger partial charge < -0.3 is 15.0 Å². The molecule has 0 bridgehead atoms. The van der Waals surface area contributed by atoms with Crippen LogP contribution in [0.5, 0.6) is 5.75 Å². The molecule has 0 fully saturated rings. The van der Waals surface area contributed by atoms with Gasteiger partial charge in [-0.2, -0.15) is 0 Å². The highest BCUT2D eigenvalue weighted by Gasteiger charge is 2.15. The lowest BCUT2D eigenvalue weighted by Gasteiger charge is -2.22. The Balaban J connectivity index is 2.16. The van der Waals surface area contributed by atoms with Crippen LogP contribution < -0.4 is 15.0 Å². The van der Waals surface area contributed by atoms with Gasteiger partial charge in [-0.05, 0) is 43.9 Å². The van der Waals surface area contributed by atoms with Gasteiger partial charge in [-0.15, -0.1) is 0 Å². The Morgan fingerprint density at radius 2 is 2.16 bits per heavy atom. The SMILES string of the molecule is CN[C@H](COc1ccc2c(c1)N(C)C(=O)/C=C/N=CCC2)CC(C)C. The zero-order valence-electron chi connectivity index (χ0n) is 15.7. The minimum absolute atomic E-state index is 0.0923. The molecule has 1 amide bonds. The molecule has 1 aliphatic rings. The maximum absolute atomic E-state index is 12.3. The Bertz CT molecular complexity index is 638. The van der Waals surface area contributed by atoms with E-state index in [0.29, 0.717) is 18.6 Å². The third-order valence-corrected chi connectivity index (χ3v) is 4.32. The molecule has 25 heavy (non-hydrogen) atoms.